The summed E-state index contributed by atoms with van der Waals surface area (Å²) in [7, 11) is 1.59. The number of benzene rings is 1. The van der Waals surface area contributed by atoms with E-state index in [1.807, 2.05) is 12.1 Å². The van der Waals surface area contributed by atoms with Gasteiger partial charge in [0.1, 0.15) is 5.75 Å². The van der Waals surface area contributed by atoms with E-state index in [-0.39, 0.29) is 24.5 Å². The SMILES string of the molecule is COc1ccc(N2C[C@H](C(=O)Nc3nnc(SCCC4OCCO4)s3)CC2=O)cc1. The van der Waals surface area contributed by atoms with Gasteiger partial charge in [0.15, 0.2) is 10.6 Å². The van der Waals surface area contributed by atoms with Gasteiger partial charge in [-0.25, -0.2) is 0 Å². The van der Waals surface area contributed by atoms with Crippen molar-refractivity contribution in [2.75, 3.05) is 42.8 Å². The van der Waals surface area contributed by atoms with Crippen LogP contribution < -0.4 is 15.0 Å². The third-order valence-electron chi connectivity index (χ3n) is 4.79. The van der Waals surface area contributed by atoms with Gasteiger partial charge < -0.3 is 24.4 Å². The van der Waals surface area contributed by atoms with Gasteiger partial charge in [0, 0.05) is 30.8 Å². The minimum absolute atomic E-state index is 0.0785. The highest BCUT2D eigenvalue weighted by atomic mass is 32.2. The van der Waals surface area contributed by atoms with Gasteiger partial charge in [0.05, 0.1) is 26.2 Å². The molecule has 2 fully saturated rings. The van der Waals surface area contributed by atoms with Crippen LogP contribution in [0.1, 0.15) is 12.8 Å². The van der Waals surface area contributed by atoms with Gasteiger partial charge in [-0.3, -0.25) is 9.59 Å². The summed E-state index contributed by atoms with van der Waals surface area (Å²) in [6, 6.07) is 7.21. The molecule has 2 aromatic rings. The van der Waals surface area contributed by atoms with Crippen molar-refractivity contribution in [1.82, 2.24) is 10.2 Å². The number of amides is 2. The van der Waals surface area contributed by atoms with E-state index in [4.69, 9.17) is 14.2 Å². The molecule has 4 rings (SSSR count). The van der Waals surface area contributed by atoms with Crippen molar-refractivity contribution < 1.29 is 23.8 Å². The van der Waals surface area contributed by atoms with Crippen LogP contribution in [-0.2, 0) is 19.1 Å². The molecule has 1 N–H and O–H groups in total. The predicted molar refractivity (Wildman–Crippen MR) is 113 cm³/mol. The fourth-order valence-corrected chi connectivity index (χ4v) is 5.02. The average Bonchev–Trinajstić information content (AvgIpc) is 3.50. The summed E-state index contributed by atoms with van der Waals surface area (Å²) in [5.74, 6) is 0.774. The minimum atomic E-state index is -0.434. The van der Waals surface area contributed by atoms with Gasteiger partial charge in [0.2, 0.25) is 16.9 Å². The lowest BCUT2D eigenvalue weighted by molar-refractivity contribution is -0.122. The Hall–Kier alpha value is -2.21. The van der Waals surface area contributed by atoms with E-state index in [0.29, 0.717) is 30.6 Å². The van der Waals surface area contributed by atoms with Gasteiger partial charge in [0.25, 0.3) is 0 Å². The van der Waals surface area contributed by atoms with Crippen molar-refractivity contribution in [3.05, 3.63) is 24.3 Å². The zero-order valence-electron chi connectivity index (χ0n) is 16.4. The van der Waals surface area contributed by atoms with Crippen molar-refractivity contribution >= 4 is 45.7 Å². The summed E-state index contributed by atoms with van der Waals surface area (Å²) in [4.78, 5) is 26.6. The first-order valence-corrected chi connectivity index (χ1v) is 11.4. The lowest BCUT2D eigenvalue weighted by atomic mass is 10.1. The molecule has 0 saturated carbocycles. The molecule has 0 unspecified atom stereocenters. The van der Waals surface area contributed by atoms with Crippen LogP contribution in [-0.4, -0.2) is 60.9 Å². The number of nitrogens with zero attached hydrogens (tertiary/aromatic N) is 3. The second-order valence-electron chi connectivity index (χ2n) is 6.77. The number of carbonyl (C=O) groups is 2. The van der Waals surface area contributed by atoms with Gasteiger partial charge >= 0.3 is 0 Å². The number of hydrogen-bond acceptors (Lipinski definition) is 9. The van der Waals surface area contributed by atoms with Crippen molar-refractivity contribution in [2.24, 2.45) is 5.92 Å². The predicted octanol–water partition coefficient (Wildman–Crippen LogP) is 2.39. The topological polar surface area (TPSA) is 103 Å². The largest absolute Gasteiger partial charge is 0.497 e. The fourth-order valence-electron chi connectivity index (χ4n) is 3.24. The molecule has 2 aliphatic heterocycles. The molecule has 0 radical (unpaired) electrons. The van der Waals surface area contributed by atoms with E-state index in [0.717, 1.165) is 22.2 Å². The van der Waals surface area contributed by atoms with E-state index in [9.17, 15) is 9.59 Å². The lowest BCUT2D eigenvalue weighted by Gasteiger charge is -2.16. The number of ether oxygens (including phenoxy) is 3. The van der Waals surface area contributed by atoms with Gasteiger partial charge in [-0.2, -0.15) is 0 Å². The molecular weight excluding hydrogens is 428 g/mol. The Balaban J connectivity index is 1.27. The second-order valence-corrected chi connectivity index (χ2v) is 9.09. The first-order valence-electron chi connectivity index (χ1n) is 9.57. The molecule has 0 aliphatic carbocycles. The Labute approximate surface area is 182 Å². The molecule has 2 amide bonds. The first kappa shape index (κ1) is 21.0. The second kappa shape index (κ2) is 9.73. The van der Waals surface area contributed by atoms with E-state index < -0.39 is 5.92 Å². The summed E-state index contributed by atoms with van der Waals surface area (Å²) in [6.45, 7) is 1.62. The van der Waals surface area contributed by atoms with Crippen LogP contribution in [0.2, 0.25) is 0 Å². The third kappa shape index (κ3) is 5.09. The summed E-state index contributed by atoms with van der Waals surface area (Å²) in [5.41, 5.74) is 0.751. The van der Waals surface area contributed by atoms with E-state index >= 15 is 0 Å². The van der Waals surface area contributed by atoms with Crippen molar-refractivity contribution in [1.29, 1.82) is 0 Å². The van der Waals surface area contributed by atoms with Crippen LogP contribution in [0.4, 0.5) is 10.8 Å². The van der Waals surface area contributed by atoms with E-state index in [1.165, 1.54) is 11.3 Å². The van der Waals surface area contributed by atoms with Crippen LogP contribution >= 0.6 is 23.1 Å². The fraction of sp³-hybridized carbons (Fsp3) is 0.474. The monoisotopic (exact) mass is 450 g/mol. The Bertz CT molecular complexity index is 885. The molecule has 0 bridgehead atoms. The molecule has 160 valence electrons. The van der Waals surface area contributed by atoms with Crippen LogP contribution in [0.25, 0.3) is 0 Å². The molecule has 1 atom stereocenters. The molecular formula is C19H22N4O5S2. The number of methoxy groups -OCH3 is 1. The number of aromatic nitrogens is 2. The maximum absolute atomic E-state index is 12.6. The number of nitrogens with one attached hydrogen (secondary N) is 1. The zero-order chi connectivity index (χ0) is 20.9. The quantitative estimate of drug-likeness (QED) is 0.483. The molecule has 11 heteroatoms. The van der Waals surface area contributed by atoms with Crippen LogP contribution in [0.15, 0.2) is 28.6 Å². The molecule has 9 nitrogen and oxygen atoms in total. The highest BCUT2D eigenvalue weighted by Gasteiger charge is 2.35. The van der Waals surface area contributed by atoms with Gasteiger partial charge in [-0.15, -0.1) is 10.2 Å². The maximum atomic E-state index is 12.6. The van der Waals surface area contributed by atoms with Crippen molar-refractivity contribution in [3.63, 3.8) is 0 Å². The van der Waals surface area contributed by atoms with Crippen molar-refractivity contribution in [2.45, 2.75) is 23.5 Å². The zero-order valence-corrected chi connectivity index (χ0v) is 18.0. The van der Waals surface area contributed by atoms with Crippen LogP contribution in [0, 0.1) is 5.92 Å². The first-order chi connectivity index (χ1) is 14.6. The highest BCUT2D eigenvalue weighted by Crippen LogP contribution is 2.30. The van der Waals surface area contributed by atoms with Crippen LogP contribution in [0.5, 0.6) is 5.75 Å². The Morgan fingerprint density at radius 3 is 2.80 bits per heavy atom. The Kier molecular flexibility index (Phi) is 6.82. The number of carbonyl (C=O) groups excluding carboxylic acids is 2. The molecule has 3 heterocycles. The molecule has 0 spiro atoms. The lowest BCUT2D eigenvalue weighted by Crippen LogP contribution is -2.28. The van der Waals surface area contributed by atoms with E-state index in [1.54, 1.807) is 35.9 Å². The summed E-state index contributed by atoms with van der Waals surface area (Å²) < 4.78 is 16.7. The number of thioether (sulfide) groups is 1. The molecule has 2 aliphatic rings. The third-order valence-corrected chi connectivity index (χ3v) is 6.79. The standard InChI is InChI=1S/C19H22N4O5S2/c1-26-14-4-2-13(3-5-14)23-11-12(10-15(23)24)17(25)20-18-21-22-19(30-18)29-9-6-16-27-7-8-28-16/h2-5,12,16H,6-11H2,1H3,(H,20,21,25)/t12-/m1/s1. The number of hydrogen-bond donors (Lipinski definition) is 1. The van der Waals surface area contributed by atoms with E-state index in [2.05, 4.69) is 15.5 Å². The molecule has 1 aromatic heterocycles. The number of anilines is 2. The molecule has 2 saturated heterocycles. The Morgan fingerprint density at radius 2 is 2.07 bits per heavy atom. The van der Waals surface area contributed by atoms with Crippen molar-refractivity contribution in [3.8, 4) is 5.75 Å². The van der Waals surface area contributed by atoms with Gasteiger partial charge in [-0.05, 0) is 24.3 Å². The minimum Gasteiger partial charge on any atom is -0.497 e. The Morgan fingerprint density at radius 1 is 1.30 bits per heavy atom. The van der Waals surface area contributed by atoms with Gasteiger partial charge in [-0.1, -0.05) is 23.1 Å². The molecule has 30 heavy (non-hydrogen) atoms. The summed E-state index contributed by atoms with van der Waals surface area (Å²) >= 11 is 2.87. The molecule has 1 aromatic carbocycles. The maximum Gasteiger partial charge on any atom is 0.231 e. The smallest absolute Gasteiger partial charge is 0.231 e. The summed E-state index contributed by atoms with van der Waals surface area (Å²) in [5, 5.41) is 11.4. The highest BCUT2D eigenvalue weighted by molar-refractivity contribution is 8.01. The van der Waals surface area contributed by atoms with Crippen LogP contribution in [0.3, 0.4) is 0 Å². The number of rotatable bonds is 8. The summed E-state index contributed by atoms with van der Waals surface area (Å²) in [6.07, 6.45) is 0.801. The average molecular weight is 451 g/mol. The normalized spacial score (nSPS) is 19.4.